The van der Waals surface area contributed by atoms with Gasteiger partial charge in [0.2, 0.25) is 11.8 Å². The van der Waals surface area contributed by atoms with Crippen LogP contribution in [0.15, 0.2) is 6.20 Å². The second-order valence-electron chi connectivity index (χ2n) is 3.70. The minimum Gasteiger partial charge on any atom is -0.480 e. The molecule has 0 aromatic carbocycles. The molecule has 1 aromatic rings. The van der Waals surface area contributed by atoms with Gasteiger partial charge in [-0.25, -0.2) is 4.98 Å². The zero-order valence-electron chi connectivity index (χ0n) is 11.4. The van der Waals surface area contributed by atoms with E-state index in [4.69, 9.17) is 9.47 Å². The second kappa shape index (κ2) is 8.16. The van der Waals surface area contributed by atoms with Gasteiger partial charge in [-0.05, 0) is 25.0 Å². The van der Waals surface area contributed by atoms with Crippen LogP contribution >= 0.6 is 11.8 Å². The van der Waals surface area contributed by atoms with Crippen LogP contribution < -0.4 is 14.8 Å². The van der Waals surface area contributed by atoms with E-state index in [2.05, 4.69) is 28.5 Å². The molecule has 1 aromatic heterocycles. The lowest BCUT2D eigenvalue weighted by Gasteiger charge is -2.18. The summed E-state index contributed by atoms with van der Waals surface area (Å²) in [7, 11) is 3.17. The van der Waals surface area contributed by atoms with Crippen molar-refractivity contribution < 1.29 is 9.47 Å². The summed E-state index contributed by atoms with van der Waals surface area (Å²) >= 11 is 1.82. The third-order valence-corrected chi connectivity index (χ3v) is 3.18. The second-order valence-corrected chi connectivity index (χ2v) is 4.68. The Kier molecular flexibility index (Phi) is 6.82. The van der Waals surface area contributed by atoms with E-state index in [-0.39, 0.29) is 6.04 Å². The Hall–Kier alpha value is -1.01. The molecule has 1 N–H and O–H groups in total. The summed E-state index contributed by atoms with van der Waals surface area (Å²) < 4.78 is 10.3. The van der Waals surface area contributed by atoms with Gasteiger partial charge in [0, 0.05) is 0 Å². The molecule has 6 heteroatoms. The summed E-state index contributed by atoms with van der Waals surface area (Å²) in [4.78, 5) is 8.68. The topological polar surface area (TPSA) is 56.3 Å². The highest BCUT2D eigenvalue weighted by Crippen LogP contribution is 2.26. The monoisotopic (exact) mass is 271 g/mol. The molecule has 1 rings (SSSR count). The van der Waals surface area contributed by atoms with Gasteiger partial charge >= 0.3 is 0 Å². The fourth-order valence-corrected chi connectivity index (χ4v) is 2.14. The molecule has 1 heterocycles. The molecule has 102 valence electrons. The van der Waals surface area contributed by atoms with Gasteiger partial charge in [-0.2, -0.15) is 16.7 Å². The fraction of sp³-hybridized carbons (Fsp3) is 0.667. The van der Waals surface area contributed by atoms with Crippen LogP contribution in [-0.4, -0.2) is 42.7 Å². The van der Waals surface area contributed by atoms with Gasteiger partial charge in [0.1, 0.15) is 5.69 Å². The molecule has 0 aliphatic rings. The summed E-state index contributed by atoms with van der Waals surface area (Å²) in [5, 5.41) is 3.41. The Labute approximate surface area is 113 Å². The molecule has 0 bridgehead atoms. The molecule has 0 saturated carbocycles. The Morgan fingerprint density at radius 3 is 2.72 bits per heavy atom. The first-order valence-corrected chi connectivity index (χ1v) is 7.33. The van der Waals surface area contributed by atoms with Gasteiger partial charge in [0.15, 0.2) is 0 Å². The summed E-state index contributed by atoms with van der Waals surface area (Å²) in [5.74, 6) is 2.06. The Bertz CT molecular complexity index is 363. The average molecular weight is 271 g/mol. The van der Waals surface area contributed by atoms with E-state index in [1.54, 1.807) is 20.4 Å². The minimum atomic E-state index is 0.163. The van der Waals surface area contributed by atoms with Crippen molar-refractivity contribution in [3.8, 4) is 11.8 Å². The van der Waals surface area contributed by atoms with Crippen molar-refractivity contribution in [2.45, 2.75) is 19.4 Å². The molecular formula is C12H21N3O2S. The molecule has 1 unspecified atom stereocenters. The van der Waals surface area contributed by atoms with E-state index in [0.717, 1.165) is 24.4 Å². The van der Waals surface area contributed by atoms with Crippen molar-refractivity contribution in [2.24, 2.45) is 0 Å². The van der Waals surface area contributed by atoms with E-state index in [9.17, 15) is 0 Å². The van der Waals surface area contributed by atoms with Gasteiger partial charge in [-0.3, -0.25) is 0 Å². The zero-order valence-corrected chi connectivity index (χ0v) is 12.2. The van der Waals surface area contributed by atoms with Crippen molar-refractivity contribution in [1.29, 1.82) is 0 Å². The van der Waals surface area contributed by atoms with Crippen LogP contribution in [0.25, 0.3) is 0 Å². The standard InChI is InChI=1S/C12H21N3O2S/c1-5-13-9(6-7-18-4)11-12(17-3)15-10(16-2)8-14-11/h8-9,13H,5-7H2,1-4H3. The molecule has 0 radical (unpaired) electrons. The van der Waals surface area contributed by atoms with Crippen LogP contribution in [-0.2, 0) is 0 Å². The first kappa shape index (κ1) is 15.0. The molecule has 0 aliphatic carbocycles. The van der Waals surface area contributed by atoms with Crippen molar-refractivity contribution in [3.05, 3.63) is 11.9 Å². The Balaban J connectivity index is 2.94. The molecular weight excluding hydrogens is 250 g/mol. The zero-order chi connectivity index (χ0) is 13.4. The van der Waals surface area contributed by atoms with Crippen molar-refractivity contribution in [2.75, 3.05) is 32.8 Å². The molecule has 0 saturated heterocycles. The van der Waals surface area contributed by atoms with Gasteiger partial charge in [0.25, 0.3) is 0 Å². The van der Waals surface area contributed by atoms with E-state index < -0.39 is 0 Å². The summed E-state index contributed by atoms with van der Waals surface area (Å²) in [6.07, 6.45) is 4.72. The highest BCUT2D eigenvalue weighted by molar-refractivity contribution is 7.98. The number of hydrogen-bond donors (Lipinski definition) is 1. The first-order valence-electron chi connectivity index (χ1n) is 5.94. The maximum atomic E-state index is 5.29. The van der Waals surface area contributed by atoms with E-state index in [1.807, 2.05) is 11.8 Å². The molecule has 0 amide bonds. The third-order valence-electron chi connectivity index (χ3n) is 2.54. The lowest BCUT2D eigenvalue weighted by atomic mass is 10.1. The fourth-order valence-electron chi connectivity index (χ4n) is 1.67. The number of rotatable bonds is 8. The minimum absolute atomic E-state index is 0.163. The largest absolute Gasteiger partial charge is 0.480 e. The quantitative estimate of drug-likeness (QED) is 0.779. The number of ether oxygens (including phenoxy) is 2. The van der Waals surface area contributed by atoms with E-state index >= 15 is 0 Å². The predicted octanol–water partition coefficient (Wildman–Crippen LogP) is 1.90. The van der Waals surface area contributed by atoms with Crippen LogP contribution in [0.1, 0.15) is 25.1 Å². The summed E-state index contributed by atoms with van der Waals surface area (Å²) in [6, 6.07) is 0.163. The SMILES string of the molecule is CCNC(CCSC)c1ncc(OC)nc1OC. The van der Waals surface area contributed by atoms with Crippen LogP contribution in [0.5, 0.6) is 11.8 Å². The molecule has 0 fully saturated rings. The maximum Gasteiger partial charge on any atom is 0.240 e. The van der Waals surface area contributed by atoms with E-state index in [0.29, 0.717) is 11.8 Å². The van der Waals surface area contributed by atoms with Crippen LogP contribution in [0.3, 0.4) is 0 Å². The number of thioether (sulfide) groups is 1. The molecule has 1 atom stereocenters. The average Bonchev–Trinajstić information content (AvgIpc) is 2.42. The molecule has 0 spiro atoms. The molecule has 18 heavy (non-hydrogen) atoms. The van der Waals surface area contributed by atoms with Gasteiger partial charge in [0.05, 0.1) is 26.5 Å². The van der Waals surface area contributed by atoms with Gasteiger partial charge < -0.3 is 14.8 Å². The number of nitrogens with zero attached hydrogens (tertiary/aromatic N) is 2. The molecule has 0 aliphatic heterocycles. The third kappa shape index (κ3) is 4.03. The predicted molar refractivity (Wildman–Crippen MR) is 74.6 cm³/mol. The van der Waals surface area contributed by atoms with Gasteiger partial charge in [-0.1, -0.05) is 6.92 Å². The number of methoxy groups -OCH3 is 2. The van der Waals surface area contributed by atoms with Crippen molar-refractivity contribution in [3.63, 3.8) is 0 Å². The van der Waals surface area contributed by atoms with Gasteiger partial charge in [-0.15, -0.1) is 0 Å². The Morgan fingerprint density at radius 1 is 1.39 bits per heavy atom. The number of nitrogens with one attached hydrogen (secondary N) is 1. The van der Waals surface area contributed by atoms with Crippen LogP contribution in [0.4, 0.5) is 0 Å². The summed E-state index contributed by atoms with van der Waals surface area (Å²) in [5.41, 5.74) is 0.842. The van der Waals surface area contributed by atoms with E-state index in [1.165, 1.54) is 0 Å². The maximum absolute atomic E-state index is 5.29. The Morgan fingerprint density at radius 2 is 2.17 bits per heavy atom. The normalized spacial score (nSPS) is 12.2. The summed E-state index contributed by atoms with van der Waals surface area (Å²) in [6.45, 7) is 2.96. The smallest absolute Gasteiger partial charge is 0.240 e. The first-order chi connectivity index (χ1) is 8.76. The van der Waals surface area contributed by atoms with Crippen molar-refractivity contribution in [1.82, 2.24) is 15.3 Å². The lowest BCUT2D eigenvalue weighted by molar-refractivity contribution is 0.348. The van der Waals surface area contributed by atoms with Crippen LogP contribution in [0.2, 0.25) is 0 Å². The lowest BCUT2D eigenvalue weighted by Crippen LogP contribution is -2.23. The highest BCUT2D eigenvalue weighted by Gasteiger charge is 2.18. The number of hydrogen-bond acceptors (Lipinski definition) is 6. The molecule has 5 nitrogen and oxygen atoms in total. The highest BCUT2D eigenvalue weighted by atomic mass is 32.2. The number of aromatic nitrogens is 2. The van der Waals surface area contributed by atoms with Crippen molar-refractivity contribution >= 4 is 11.8 Å². The van der Waals surface area contributed by atoms with Crippen LogP contribution in [0, 0.1) is 0 Å².